The van der Waals surface area contributed by atoms with Crippen LogP contribution < -0.4 is 0 Å². The number of amides is 1. The standard InChI is InChI=1S/C17H21N3O2/c1-12(2)16-18-17(22-19-16)14-10-20(11-14)15(21)9-8-13-6-4-3-5-7-13/h3-7,12,14H,8-11H2,1-2H3. The maximum Gasteiger partial charge on any atom is 0.233 e. The van der Waals surface area contributed by atoms with Gasteiger partial charge in [-0.1, -0.05) is 49.3 Å². The number of aryl methyl sites for hydroxylation is 1. The number of hydrogen-bond donors (Lipinski definition) is 0. The largest absolute Gasteiger partial charge is 0.341 e. The average Bonchev–Trinajstić information content (AvgIpc) is 2.94. The van der Waals surface area contributed by atoms with E-state index in [9.17, 15) is 4.79 Å². The normalized spacial score (nSPS) is 15.1. The fraction of sp³-hybridized carbons (Fsp3) is 0.471. The molecule has 1 fully saturated rings. The summed E-state index contributed by atoms with van der Waals surface area (Å²) in [7, 11) is 0. The van der Waals surface area contributed by atoms with Crippen LogP contribution in [-0.4, -0.2) is 34.0 Å². The van der Waals surface area contributed by atoms with Crippen molar-refractivity contribution in [1.82, 2.24) is 15.0 Å². The van der Waals surface area contributed by atoms with Crippen LogP contribution in [0.25, 0.3) is 0 Å². The van der Waals surface area contributed by atoms with Gasteiger partial charge in [0.2, 0.25) is 11.8 Å². The van der Waals surface area contributed by atoms with Gasteiger partial charge in [0.05, 0.1) is 5.92 Å². The first-order valence-electron chi connectivity index (χ1n) is 7.78. The predicted octanol–water partition coefficient (Wildman–Crippen LogP) is 2.75. The van der Waals surface area contributed by atoms with Gasteiger partial charge in [-0.05, 0) is 12.0 Å². The van der Waals surface area contributed by atoms with Gasteiger partial charge in [0.1, 0.15) is 0 Å². The summed E-state index contributed by atoms with van der Waals surface area (Å²) in [6.07, 6.45) is 1.34. The van der Waals surface area contributed by atoms with E-state index in [-0.39, 0.29) is 17.7 Å². The molecule has 1 aromatic heterocycles. The van der Waals surface area contributed by atoms with E-state index in [4.69, 9.17) is 4.52 Å². The first-order valence-corrected chi connectivity index (χ1v) is 7.78. The van der Waals surface area contributed by atoms with Crippen molar-refractivity contribution in [3.05, 3.63) is 47.6 Å². The maximum atomic E-state index is 12.1. The van der Waals surface area contributed by atoms with Crippen LogP contribution in [0.4, 0.5) is 0 Å². The maximum absolute atomic E-state index is 12.1. The second-order valence-electron chi connectivity index (χ2n) is 6.13. The van der Waals surface area contributed by atoms with Crippen molar-refractivity contribution in [3.8, 4) is 0 Å². The van der Waals surface area contributed by atoms with Crippen LogP contribution in [0, 0.1) is 0 Å². The van der Waals surface area contributed by atoms with Gasteiger partial charge in [-0.15, -0.1) is 0 Å². The first-order chi connectivity index (χ1) is 10.6. The molecule has 1 saturated heterocycles. The summed E-state index contributed by atoms with van der Waals surface area (Å²) >= 11 is 0. The predicted molar refractivity (Wildman–Crippen MR) is 82.5 cm³/mol. The number of likely N-dealkylation sites (tertiary alicyclic amines) is 1. The van der Waals surface area contributed by atoms with Crippen LogP contribution in [-0.2, 0) is 11.2 Å². The number of rotatable bonds is 5. The molecule has 0 N–H and O–H groups in total. The summed E-state index contributed by atoms with van der Waals surface area (Å²) in [4.78, 5) is 18.4. The molecule has 1 amide bonds. The van der Waals surface area contributed by atoms with E-state index in [0.29, 0.717) is 25.4 Å². The first kappa shape index (κ1) is 14.8. The van der Waals surface area contributed by atoms with Gasteiger partial charge in [0.25, 0.3) is 0 Å². The quantitative estimate of drug-likeness (QED) is 0.852. The lowest BCUT2D eigenvalue weighted by Gasteiger charge is -2.37. The van der Waals surface area contributed by atoms with Crippen LogP contribution in [0.2, 0.25) is 0 Å². The number of nitrogens with zero attached hydrogens (tertiary/aromatic N) is 3. The van der Waals surface area contributed by atoms with Crippen LogP contribution in [0.5, 0.6) is 0 Å². The summed E-state index contributed by atoms with van der Waals surface area (Å²) in [5.74, 6) is 2.06. The average molecular weight is 299 g/mol. The van der Waals surface area contributed by atoms with Crippen LogP contribution in [0.1, 0.15) is 49.4 Å². The van der Waals surface area contributed by atoms with Gasteiger partial charge in [-0.3, -0.25) is 4.79 Å². The Kier molecular flexibility index (Phi) is 4.22. The van der Waals surface area contributed by atoms with E-state index in [0.717, 1.165) is 12.2 Å². The summed E-state index contributed by atoms with van der Waals surface area (Å²) in [6, 6.07) is 10.1. The summed E-state index contributed by atoms with van der Waals surface area (Å²) < 4.78 is 5.29. The van der Waals surface area contributed by atoms with Gasteiger partial charge < -0.3 is 9.42 Å². The van der Waals surface area contributed by atoms with Gasteiger partial charge in [-0.25, -0.2) is 0 Å². The molecule has 5 heteroatoms. The number of aromatic nitrogens is 2. The SMILES string of the molecule is CC(C)c1noc(C2CN(C(=O)CCc3ccccc3)C2)n1. The highest BCUT2D eigenvalue weighted by atomic mass is 16.5. The molecule has 0 unspecified atom stereocenters. The molecule has 0 radical (unpaired) electrons. The van der Waals surface area contributed by atoms with E-state index in [1.807, 2.05) is 36.9 Å². The van der Waals surface area contributed by atoms with E-state index >= 15 is 0 Å². The summed E-state index contributed by atoms with van der Waals surface area (Å²) in [6.45, 7) is 5.45. The molecule has 1 aromatic carbocycles. The van der Waals surface area contributed by atoms with E-state index in [1.54, 1.807) is 0 Å². The highest BCUT2D eigenvalue weighted by Crippen LogP contribution is 2.27. The number of carbonyl (C=O) groups is 1. The minimum absolute atomic E-state index is 0.195. The van der Waals surface area contributed by atoms with Crippen molar-refractivity contribution in [2.24, 2.45) is 0 Å². The Morgan fingerprint density at radius 2 is 2.05 bits per heavy atom. The van der Waals surface area contributed by atoms with Gasteiger partial charge >= 0.3 is 0 Å². The molecule has 0 saturated carbocycles. The zero-order valence-electron chi connectivity index (χ0n) is 13.0. The third kappa shape index (κ3) is 3.18. The number of carbonyl (C=O) groups excluding carboxylic acids is 1. The Bertz CT molecular complexity index is 630. The molecule has 1 aliphatic heterocycles. The van der Waals surface area contributed by atoms with Crippen LogP contribution >= 0.6 is 0 Å². The lowest BCUT2D eigenvalue weighted by Crippen LogP contribution is -2.48. The van der Waals surface area contributed by atoms with Crippen molar-refractivity contribution < 1.29 is 9.32 Å². The fourth-order valence-corrected chi connectivity index (χ4v) is 2.54. The van der Waals surface area contributed by atoms with Crippen molar-refractivity contribution in [3.63, 3.8) is 0 Å². The molecular formula is C17H21N3O2. The van der Waals surface area contributed by atoms with Crippen LogP contribution in [0.3, 0.4) is 0 Å². The number of benzene rings is 1. The monoisotopic (exact) mass is 299 g/mol. The molecule has 3 rings (SSSR count). The lowest BCUT2D eigenvalue weighted by molar-refractivity contribution is -0.135. The molecule has 2 aromatic rings. The second kappa shape index (κ2) is 6.30. The highest BCUT2D eigenvalue weighted by molar-refractivity contribution is 5.77. The highest BCUT2D eigenvalue weighted by Gasteiger charge is 2.35. The van der Waals surface area contributed by atoms with E-state index in [1.165, 1.54) is 5.56 Å². The van der Waals surface area contributed by atoms with Gasteiger partial charge in [-0.2, -0.15) is 4.98 Å². The van der Waals surface area contributed by atoms with Gasteiger partial charge in [0.15, 0.2) is 5.82 Å². The lowest BCUT2D eigenvalue weighted by atomic mass is 9.99. The topological polar surface area (TPSA) is 59.2 Å². The molecule has 0 aliphatic carbocycles. The van der Waals surface area contributed by atoms with Crippen molar-refractivity contribution in [1.29, 1.82) is 0 Å². The Labute approximate surface area is 130 Å². The molecule has 0 atom stereocenters. The summed E-state index contributed by atoms with van der Waals surface area (Å²) in [5, 5.41) is 3.97. The minimum Gasteiger partial charge on any atom is -0.341 e. The minimum atomic E-state index is 0.195. The van der Waals surface area contributed by atoms with Crippen molar-refractivity contribution in [2.75, 3.05) is 13.1 Å². The molecule has 116 valence electrons. The second-order valence-corrected chi connectivity index (χ2v) is 6.13. The molecule has 0 spiro atoms. The molecule has 22 heavy (non-hydrogen) atoms. The van der Waals surface area contributed by atoms with Crippen molar-refractivity contribution in [2.45, 2.75) is 38.5 Å². The fourth-order valence-electron chi connectivity index (χ4n) is 2.54. The number of hydrogen-bond acceptors (Lipinski definition) is 4. The van der Waals surface area contributed by atoms with E-state index in [2.05, 4.69) is 22.3 Å². The molecular weight excluding hydrogens is 278 g/mol. The molecule has 1 aliphatic rings. The van der Waals surface area contributed by atoms with Crippen molar-refractivity contribution >= 4 is 5.91 Å². The zero-order chi connectivity index (χ0) is 15.5. The third-order valence-corrected chi connectivity index (χ3v) is 4.03. The summed E-state index contributed by atoms with van der Waals surface area (Å²) in [5.41, 5.74) is 1.20. The Balaban J connectivity index is 1.47. The Morgan fingerprint density at radius 3 is 2.68 bits per heavy atom. The zero-order valence-corrected chi connectivity index (χ0v) is 13.0. The Hall–Kier alpha value is -2.17. The van der Waals surface area contributed by atoms with E-state index < -0.39 is 0 Å². The molecule has 2 heterocycles. The molecule has 0 bridgehead atoms. The molecule has 5 nitrogen and oxygen atoms in total. The smallest absolute Gasteiger partial charge is 0.233 e. The van der Waals surface area contributed by atoms with Crippen LogP contribution in [0.15, 0.2) is 34.9 Å². The third-order valence-electron chi connectivity index (χ3n) is 4.03. The Morgan fingerprint density at radius 1 is 1.32 bits per heavy atom. The van der Waals surface area contributed by atoms with Gasteiger partial charge in [0, 0.05) is 25.4 Å².